The molecule has 1 aliphatic rings. The van der Waals surface area contributed by atoms with E-state index in [1.165, 1.54) is 0 Å². The summed E-state index contributed by atoms with van der Waals surface area (Å²) in [5, 5.41) is 0.611. The fourth-order valence-corrected chi connectivity index (χ4v) is 1.82. The highest BCUT2D eigenvalue weighted by atomic mass is 35.5. The van der Waals surface area contributed by atoms with Gasteiger partial charge in [-0.2, -0.15) is 0 Å². The summed E-state index contributed by atoms with van der Waals surface area (Å²) in [6, 6.07) is 6.96. The Kier molecular flexibility index (Phi) is 2.83. The number of nitrogens with two attached hydrogens (primary N) is 1. The number of rotatable bonds is 2. The predicted molar refractivity (Wildman–Crippen MR) is 57.6 cm³/mol. The normalized spacial score (nSPS) is 24.2. The van der Waals surface area contributed by atoms with Crippen molar-refractivity contribution in [3.05, 3.63) is 34.9 Å². The topological polar surface area (TPSA) is 69.4 Å². The second-order valence-electron chi connectivity index (χ2n) is 3.67. The second-order valence-corrected chi connectivity index (χ2v) is 4.10. The molecular formula is C11H10ClNO3. The summed E-state index contributed by atoms with van der Waals surface area (Å²) in [5.74, 6) is -2.02. The Balaban J connectivity index is 2.16. The molecule has 1 aromatic carbocycles. The second kappa shape index (κ2) is 4.14. The van der Waals surface area contributed by atoms with Crippen molar-refractivity contribution in [3.63, 3.8) is 0 Å². The number of halogens is 1. The molecule has 2 N–H and O–H groups in total. The Morgan fingerprint density at radius 2 is 2.00 bits per heavy atom. The minimum atomic E-state index is -0.833. The van der Waals surface area contributed by atoms with Gasteiger partial charge in [0.15, 0.2) is 0 Å². The molecule has 2 unspecified atom stereocenters. The first kappa shape index (κ1) is 11.0. The van der Waals surface area contributed by atoms with Crippen LogP contribution in [0.1, 0.15) is 18.1 Å². The number of ether oxygens (including phenoxy) is 1. The van der Waals surface area contributed by atoms with Crippen LogP contribution >= 0.6 is 11.6 Å². The lowest BCUT2D eigenvalue weighted by Crippen LogP contribution is -2.26. The maximum atomic E-state index is 11.3. The summed E-state index contributed by atoms with van der Waals surface area (Å²) in [6.07, 6.45) is -0.0993. The molecule has 0 spiro atoms. The molecule has 2 rings (SSSR count). The molecule has 4 nitrogen and oxygen atoms in total. The molecule has 5 heteroatoms. The average Bonchev–Trinajstić information content (AvgIpc) is 2.61. The van der Waals surface area contributed by atoms with Gasteiger partial charge in [0.2, 0.25) is 5.91 Å². The largest absolute Gasteiger partial charge is 0.457 e. The summed E-state index contributed by atoms with van der Waals surface area (Å²) in [4.78, 5) is 22.3. The molecular weight excluding hydrogens is 230 g/mol. The van der Waals surface area contributed by atoms with Gasteiger partial charge in [-0.1, -0.05) is 23.7 Å². The zero-order chi connectivity index (χ0) is 11.7. The van der Waals surface area contributed by atoms with Crippen LogP contribution in [0.5, 0.6) is 0 Å². The first-order valence-electron chi connectivity index (χ1n) is 4.83. The van der Waals surface area contributed by atoms with Crippen molar-refractivity contribution >= 4 is 23.5 Å². The smallest absolute Gasteiger partial charge is 0.319 e. The summed E-state index contributed by atoms with van der Waals surface area (Å²) in [7, 11) is 0. The molecule has 1 aromatic rings. The van der Waals surface area contributed by atoms with Gasteiger partial charge in [-0.25, -0.2) is 0 Å². The minimum Gasteiger partial charge on any atom is -0.457 e. The third-order valence-electron chi connectivity index (χ3n) is 2.58. The number of esters is 1. The number of carbonyl (C=O) groups is 2. The van der Waals surface area contributed by atoms with Crippen LogP contribution in [-0.4, -0.2) is 11.9 Å². The van der Waals surface area contributed by atoms with E-state index in [4.69, 9.17) is 22.1 Å². The molecule has 1 heterocycles. The SMILES string of the molecule is NC(=O)C1CC(c2ccc(Cl)cc2)OC1=O. The van der Waals surface area contributed by atoms with Gasteiger partial charge in [-0.3, -0.25) is 9.59 Å². The Hall–Kier alpha value is -1.55. The molecule has 1 saturated heterocycles. The lowest BCUT2D eigenvalue weighted by molar-refractivity contribution is -0.146. The number of benzene rings is 1. The maximum Gasteiger partial charge on any atom is 0.319 e. The highest BCUT2D eigenvalue weighted by Gasteiger charge is 2.38. The first-order chi connectivity index (χ1) is 7.58. The fourth-order valence-electron chi connectivity index (χ4n) is 1.69. The molecule has 1 fully saturated rings. The third kappa shape index (κ3) is 2.02. The minimum absolute atomic E-state index is 0.301. The van der Waals surface area contributed by atoms with E-state index in [2.05, 4.69) is 0 Å². The standard InChI is InChI=1S/C11H10ClNO3/c12-7-3-1-6(2-4-7)9-5-8(10(13)14)11(15)16-9/h1-4,8-9H,5H2,(H2,13,14). The Morgan fingerprint density at radius 3 is 2.50 bits per heavy atom. The van der Waals surface area contributed by atoms with Crippen LogP contribution in [-0.2, 0) is 14.3 Å². The van der Waals surface area contributed by atoms with E-state index in [0.29, 0.717) is 11.4 Å². The number of hydrogen-bond acceptors (Lipinski definition) is 3. The zero-order valence-electron chi connectivity index (χ0n) is 8.35. The Bertz CT molecular complexity index is 429. The van der Waals surface area contributed by atoms with Crippen LogP contribution in [0.4, 0.5) is 0 Å². The number of primary amides is 1. The molecule has 16 heavy (non-hydrogen) atoms. The summed E-state index contributed by atoms with van der Waals surface area (Å²) in [6.45, 7) is 0. The van der Waals surface area contributed by atoms with E-state index in [1.54, 1.807) is 24.3 Å². The van der Waals surface area contributed by atoms with Gasteiger partial charge in [0.25, 0.3) is 0 Å². The van der Waals surface area contributed by atoms with Crippen LogP contribution in [0, 0.1) is 5.92 Å². The molecule has 0 aliphatic carbocycles. The zero-order valence-corrected chi connectivity index (χ0v) is 9.11. The monoisotopic (exact) mass is 239 g/mol. The van der Waals surface area contributed by atoms with E-state index >= 15 is 0 Å². The van der Waals surface area contributed by atoms with Crippen molar-refractivity contribution < 1.29 is 14.3 Å². The maximum absolute atomic E-state index is 11.3. The van der Waals surface area contributed by atoms with Crippen LogP contribution in [0.15, 0.2) is 24.3 Å². The van der Waals surface area contributed by atoms with Crippen molar-refractivity contribution in [2.45, 2.75) is 12.5 Å². The molecule has 0 bridgehead atoms. The van der Waals surface area contributed by atoms with E-state index < -0.39 is 23.9 Å². The quantitative estimate of drug-likeness (QED) is 0.627. The van der Waals surface area contributed by atoms with Crippen LogP contribution in [0.2, 0.25) is 5.02 Å². The van der Waals surface area contributed by atoms with Gasteiger partial charge in [-0.15, -0.1) is 0 Å². The van der Waals surface area contributed by atoms with Crippen molar-refractivity contribution in [2.75, 3.05) is 0 Å². The number of amides is 1. The van der Waals surface area contributed by atoms with Gasteiger partial charge < -0.3 is 10.5 Å². The lowest BCUT2D eigenvalue weighted by atomic mass is 10.00. The van der Waals surface area contributed by atoms with Gasteiger partial charge in [0.05, 0.1) is 0 Å². The molecule has 0 radical (unpaired) electrons. The highest BCUT2D eigenvalue weighted by molar-refractivity contribution is 6.30. The van der Waals surface area contributed by atoms with E-state index in [9.17, 15) is 9.59 Å². The van der Waals surface area contributed by atoms with E-state index in [1.807, 2.05) is 0 Å². The van der Waals surface area contributed by atoms with Crippen LogP contribution in [0.25, 0.3) is 0 Å². The first-order valence-corrected chi connectivity index (χ1v) is 5.21. The average molecular weight is 240 g/mol. The number of cyclic esters (lactones) is 1. The van der Waals surface area contributed by atoms with E-state index in [0.717, 1.165) is 5.56 Å². The molecule has 1 amide bonds. The molecule has 2 atom stereocenters. The third-order valence-corrected chi connectivity index (χ3v) is 2.83. The molecule has 0 aromatic heterocycles. The van der Waals surface area contributed by atoms with E-state index in [-0.39, 0.29) is 0 Å². The van der Waals surface area contributed by atoms with Crippen molar-refractivity contribution in [1.29, 1.82) is 0 Å². The fraction of sp³-hybridized carbons (Fsp3) is 0.273. The highest BCUT2D eigenvalue weighted by Crippen LogP contribution is 2.33. The van der Waals surface area contributed by atoms with Crippen molar-refractivity contribution in [2.24, 2.45) is 11.7 Å². The van der Waals surface area contributed by atoms with Gasteiger partial charge in [0, 0.05) is 11.4 Å². The van der Waals surface area contributed by atoms with Crippen molar-refractivity contribution in [1.82, 2.24) is 0 Å². The van der Waals surface area contributed by atoms with Gasteiger partial charge in [0.1, 0.15) is 12.0 Å². The summed E-state index contributed by atoms with van der Waals surface area (Å²) >= 11 is 5.74. The molecule has 0 saturated carbocycles. The number of hydrogen-bond donors (Lipinski definition) is 1. The predicted octanol–water partition coefficient (Wildman–Crippen LogP) is 1.43. The van der Waals surface area contributed by atoms with Gasteiger partial charge >= 0.3 is 5.97 Å². The van der Waals surface area contributed by atoms with Crippen LogP contribution in [0.3, 0.4) is 0 Å². The summed E-state index contributed by atoms with van der Waals surface area (Å²) < 4.78 is 5.08. The van der Waals surface area contributed by atoms with Crippen molar-refractivity contribution in [3.8, 4) is 0 Å². The summed E-state index contributed by atoms with van der Waals surface area (Å²) in [5.41, 5.74) is 5.91. The number of carbonyl (C=O) groups excluding carboxylic acids is 2. The Labute approximate surface area is 97.3 Å². The van der Waals surface area contributed by atoms with Gasteiger partial charge in [-0.05, 0) is 17.7 Å². The molecule has 84 valence electrons. The lowest BCUT2D eigenvalue weighted by Gasteiger charge is -2.08. The Morgan fingerprint density at radius 1 is 1.38 bits per heavy atom. The van der Waals surface area contributed by atoms with Crippen LogP contribution < -0.4 is 5.73 Å². The molecule has 1 aliphatic heterocycles.